The van der Waals surface area contributed by atoms with Crippen LogP contribution in [0.2, 0.25) is 0 Å². The first-order valence-corrected chi connectivity index (χ1v) is 8.13. The Morgan fingerprint density at radius 1 is 1.33 bits per heavy atom. The lowest BCUT2D eigenvalue weighted by atomic mass is 10.1. The Bertz CT molecular complexity index is 697. The van der Waals surface area contributed by atoms with Gasteiger partial charge in [-0.25, -0.2) is 4.79 Å². The molecule has 24 heavy (non-hydrogen) atoms. The number of rotatable bonds is 6. The van der Waals surface area contributed by atoms with Gasteiger partial charge in [-0.1, -0.05) is 0 Å². The summed E-state index contributed by atoms with van der Waals surface area (Å²) in [5.41, 5.74) is 2.97. The Hall–Kier alpha value is -2.63. The van der Waals surface area contributed by atoms with E-state index in [0.717, 1.165) is 34.6 Å². The lowest BCUT2D eigenvalue weighted by Gasteiger charge is -2.13. The molecule has 0 bridgehead atoms. The Morgan fingerprint density at radius 3 is 2.92 bits per heavy atom. The molecule has 0 radical (unpaired) electrons. The molecule has 0 spiro atoms. The molecule has 2 amide bonds. The van der Waals surface area contributed by atoms with E-state index in [0.29, 0.717) is 19.7 Å². The van der Waals surface area contributed by atoms with E-state index in [1.165, 1.54) is 0 Å². The van der Waals surface area contributed by atoms with Crippen LogP contribution in [0.3, 0.4) is 0 Å². The van der Waals surface area contributed by atoms with Gasteiger partial charge in [0.15, 0.2) is 0 Å². The molecule has 1 atom stereocenters. The van der Waals surface area contributed by atoms with Crippen LogP contribution in [0.25, 0.3) is 0 Å². The highest BCUT2D eigenvalue weighted by atomic mass is 16.5. The molecule has 0 saturated carbocycles. The molecule has 0 fully saturated rings. The van der Waals surface area contributed by atoms with E-state index >= 15 is 0 Å². The van der Waals surface area contributed by atoms with E-state index in [9.17, 15) is 4.79 Å². The molecule has 3 rings (SSSR count). The molecule has 2 heterocycles. The third-order valence-electron chi connectivity index (χ3n) is 3.85. The van der Waals surface area contributed by atoms with Crippen LogP contribution in [-0.4, -0.2) is 18.7 Å². The molecule has 0 aliphatic carbocycles. The van der Waals surface area contributed by atoms with Gasteiger partial charge >= 0.3 is 6.03 Å². The first-order valence-electron chi connectivity index (χ1n) is 8.13. The fourth-order valence-electron chi connectivity index (χ4n) is 2.72. The molecule has 1 aromatic heterocycles. The summed E-state index contributed by atoms with van der Waals surface area (Å²) in [4.78, 5) is 11.9. The van der Waals surface area contributed by atoms with Crippen LogP contribution >= 0.6 is 0 Å². The van der Waals surface area contributed by atoms with E-state index in [2.05, 4.69) is 10.6 Å². The van der Waals surface area contributed by atoms with Gasteiger partial charge in [0.1, 0.15) is 17.6 Å². The minimum absolute atomic E-state index is 0.177. The van der Waals surface area contributed by atoms with Gasteiger partial charge < -0.3 is 24.5 Å². The normalized spacial score (nSPS) is 15.5. The molecule has 1 aliphatic heterocycles. The highest BCUT2D eigenvalue weighted by Crippen LogP contribution is 2.35. The van der Waals surface area contributed by atoms with Crippen LogP contribution in [0.1, 0.15) is 30.5 Å². The largest absolute Gasteiger partial charge is 0.494 e. The molecule has 0 unspecified atom stereocenters. The molecule has 6 heteroatoms. The number of urea groups is 1. The number of furan rings is 1. The minimum atomic E-state index is -0.242. The Balaban J connectivity index is 1.61. The molecule has 2 N–H and O–H groups in total. The van der Waals surface area contributed by atoms with Crippen LogP contribution in [0.5, 0.6) is 11.5 Å². The average Bonchev–Trinajstić information content (AvgIpc) is 3.19. The third kappa shape index (κ3) is 3.82. The number of ether oxygens (including phenoxy) is 2. The van der Waals surface area contributed by atoms with Crippen LogP contribution < -0.4 is 20.1 Å². The highest BCUT2D eigenvalue weighted by molar-refractivity contribution is 5.74. The second kappa shape index (κ2) is 7.29. The van der Waals surface area contributed by atoms with Gasteiger partial charge in [0, 0.05) is 36.2 Å². The monoisotopic (exact) mass is 330 g/mol. The zero-order valence-corrected chi connectivity index (χ0v) is 13.9. The van der Waals surface area contributed by atoms with Crippen molar-refractivity contribution in [2.24, 2.45) is 0 Å². The quantitative estimate of drug-likeness (QED) is 0.854. The van der Waals surface area contributed by atoms with E-state index < -0.39 is 0 Å². The summed E-state index contributed by atoms with van der Waals surface area (Å²) in [6, 6.07) is 5.54. The van der Waals surface area contributed by atoms with Crippen molar-refractivity contribution >= 4 is 6.03 Å². The fraction of sp³-hybridized carbons (Fsp3) is 0.389. The molecule has 2 aromatic rings. The van der Waals surface area contributed by atoms with E-state index in [4.69, 9.17) is 13.9 Å². The second-order valence-corrected chi connectivity index (χ2v) is 5.80. The van der Waals surface area contributed by atoms with Crippen molar-refractivity contribution < 1.29 is 18.7 Å². The summed E-state index contributed by atoms with van der Waals surface area (Å²) >= 11 is 0. The van der Waals surface area contributed by atoms with Crippen molar-refractivity contribution in [3.63, 3.8) is 0 Å². The number of hydrogen-bond donors (Lipinski definition) is 2. The van der Waals surface area contributed by atoms with Crippen LogP contribution in [0, 0.1) is 0 Å². The van der Waals surface area contributed by atoms with Crippen LogP contribution in [0.15, 0.2) is 35.1 Å². The van der Waals surface area contributed by atoms with Crippen molar-refractivity contribution in [3.05, 3.63) is 47.4 Å². The van der Waals surface area contributed by atoms with E-state index in [1.807, 2.05) is 32.0 Å². The zero-order valence-electron chi connectivity index (χ0n) is 13.9. The molecule has 6 nitrogen and oxygen atoms in total. The Kier molecular flexibility index (Phi) is 4.93. The van der Waals surface area contributed by atoms with Gasteiger partial charge in [-0.05, 0) is 32.0 Å². The number of carbonyl (C=O) groups is 1. The van der Waals surface area contributed by atoms with Crippen molar-refractivity contribution in [2.45, 2.75) is 39.5 Å². The first kappa shape index (κ1) is 16.2. The van der Waals surface area contributed by atoms with Crippen molar-refractivity contribution in [1.82, 2.24) is 10.6 Å². The standard InChI is InChI=1S/C18H22N2O4/c1-3-23-16-7-14-6-12(2)24-17(14)8-15(16)10-20-18(21)19-9-13-4-5-22-11-13/h4-5,7-8,11-12H,3,6,9-10H2,1-2H3,(H2,19,20,21)/t12-/m0/s1. The molecule has 1 aromatic carbocycles. The van der Waals surface area contributed by atoms with Crippen molar-refractivity contribution in [3.8, 4) is 11.5 Å². The van der Waals surface area contributed by atoms with Crippen LogP contribution in [-0.2, 0) is 19.5 Å². The third-order valence-corrected chi connectivity index (χ3v) is 3.85. The number of hydrogen-bond acceptors (Lipinski definition) is 4. The Labute approximate surface area is 141 Å². The average molecular weight is 330 g/mol. The lowest BCUT2D eigenvalue weighted by Crippen LogP contribution is -2.34. The van der Waals surface area contributed by atoms with Gasteiger partial charge in [0.2, 0.25) is 0 Å². The van der Waals surface area contributed by atoms with Crippen LogP contribution in [0.4, 0.5) is 4.79 Å². The predicted octanol–water partition coefficient (Wildman–Crippen LogP) is 3.00. The van der Waals surface area contributed by atoms with Crippen molar-refractivity contribution in [2.75, 3.05) is 6.61 Å². The summed E-state index contributed by atoms with van der Waals surface area (Å²) < 4.78 is 16.5. The summed E-state index contributed by atoms with van der Waals surface area (Å²) in [5.74, 6) is 1.67. The summed E-state index contributed by atoms with van der Waals surface area (Å²) in [6.45, 7) is 5.36. The van der Waals surface area contributed by atoms with Gasteiger partial charge in [-0.2, -0.15) is 0 Å². The number of nitrogens with one attached hydrogen (secondary N) is 2. The lowest BCUT2D eigenvalue weighted by molar-refractivity contribution is 0.239. The first-order chi connectivity index (χ1) is 11.7. The molecular formula is C18H22N2O4. The predicted molar refractivity (Wildman–Crippen MR) is 89.2 cm³/mol. The maximum Gasteiger partial charge on any atom is 0.315 e. The molecule has 0 saturated heterocycles. The number of amides is 2. The highest BCUT2D eigenvalue weighted by Gasteiger charge is 2.22. The number of fused-ring (bicyclic) bond motifs is 1. The number of carbonyl (C=O) groups excluding carboxylic acids is 1. The van der Waals surface area contributed by atoms with Gasteiger partial charge in [-0.15, -0.1) is 0 Å². The number of benzene rings is 1. The molecule has 128 valence electrons. The summed E-state index contributed by atoms with van der Waals surface area (Å²) in [7, 11) is 0. The van der Waals surface area contributed by atoms with Gasteiger partial charge in [0.05, 0.1) is 19.1 Å². The van der Waals surface area contributed by atoms with E-state index in [-0.39, 0.29) is 12.1 Å². The molecular weight excluding hydrogens is 308 g/mol. The SMILES string of the molecule is CCOc1cc2c(cc1CNC(=O)NCc1ccoc1)O[C@@H](C)C2. The van der Waals surface area contributed by atoms with Gasteiger partial charge in [-0.3, -0.25) is 0 Å². The summed E-state index contributed by atoms with van der Waals surface area (Å²) in [6.07, 6.45) is 4.24. The molecule has 1 aliphatic rings. The van der Waals surface area contributed by atoms with E-state index in [1.54, 1.807) is 12.5 Å². The maximum atomic E-state index is 11.9. The second-order valence-electron chi connectivity index (χ2n) is 5.80. The maximum absolute atomic E-state index is 11.9. The zero-order chi connectivity index (χ0) is 16.9. The smallest absolute Gasteiger partial charge is 0.315 e. The van der Waals surface area contributed by atoms with Crippen molar-refractivity contribution in [1.29, 1.82) is 0 Å². The minimum Gasteiger partial charge on any atom is -0.494 e. The summed E-state index contributed by atoms with van der Waals surface area (Å²) in [5, 5.41) is 5.63. The fourth-order valence-corrected chi connectivity index (χ4v) is 2.72. The topological polar surface area (TPSA) is 72.7 Å². The Morgan fingerprint density at radius 2 is 2.17 bits per heavy atom. The van der Waals surface area contributed by atoms with Gasteiger partial charge in [0.25, 0.3) is 0 Å².